The number of ether oxygens (including phenoxy) is 1. The van der Waals surface area contributed by atoms with Crippen molar-refractivity contribution < 1.29 is 19.7 Å². The molecule has 5 atom stereocenters. The molecule has 2 aliphatic carbocycles. The molecule has 0 bridgehead atoms. The summed E-state index contributed by atoms with van der Waals surface area (Å²) in [7, 11) is 0. The Bertz CT molecular complexity index is 614. The van der Waals surface area contributed by atoms with E-state index in [4.69, 9.17) is 4.74 Å². The van der Waals surface area contributed by atoms with Crippen molar-refractivity contribution in [1.29, 1.82) is 0 Å². The molecule has 0 heterocycles. The Kier molecular flexibility index (Phi) is 7.31. The standard InChI is InChI=1S/C23H34O4/c1-2-3-4-7-18(25)9-10-19-20-13-16-6-5-8-23(27-12-11-24)21(16)14-17(20)15-22(19)26/h5-6,8,11,17-20,22,25-26H,2-4,7,9-10,12-15H2,1H3/t17-,18-,19+,20-,22?/m0/s1. The summed E-state index contributed by atoms with van der Waals surface area (Å²) in [6.45, 7) is 2.27. The van der Waals surface area contributed by atoms with Crippen LogP contribution in [0.25, 0.3) is 0 Å². The average Bonchev–Trinajstić information content (AvgIpc) is 2.97. The minimum Gasteiger partial charge on any atom is -0.486 e. The maximum Gasteiger partial charge on any atom is 0.157 e. The highest BCUT2D eigenvalue weighted by molar-refractivity contribution is 5.52. The van der Waals surface area contributed by atoms with Crippen LogP contribution in [0, 0.1) is 17.8 Å². The van der Waals surface area contributed by atoms with Crippen LogP contribution < -0.4 is 4.74 Å². The van der Waals surface area contributed by atoms with Gasteiger partial charge in [0.15, 0.2) is 6.29 Å². The molecule has 0 saturated heterocycles. The van der Waals surface area contributed by atoms with E-state index in [9.17, 15) is 15.0 Å². The van der Waals surface area contributed by atoms with Gasteiger partial charge in [-0.15, -0.1) is 0 Å². The first-order valence-corrected chi connectivity index (χ1v) is 10.7. The van der Waals surface area contributed by atoms with Crippen molar-refractivity contribution in [2.24, 2.45) is 17.8 Å². The van der Waals surface area contributed by atoms with Crippen molar-refractivity contribution in [3.05, 3.63) is 29.3 Å². The van der Waals surface area contributed by atoms with Crippen LogP contribution in [0.1, 0.15) is 63.0 Å². The Labute approximate surface area is 162 Å². The Morgan fingerprint density at radius 1 is 1.26 bits per heavy atom. The fourth-order valence-corrected chi connectivity index (χ4v) is 5.22. The number of aldehydes is 1. The summed E-state index contributed by atoms with van der Waals surface area (Å²) in [4.78, 5) is 10.6. The van der Waals surface area contributed by atoms with Gasteiger partial charge in [0.1, 0.15) is 12.4 Å². The van der Waals surface area contributed by atoms with E-state index in [-0.39, 0.29) is 24.7 Å². The first kappa shape index (κ1) is 20.3. The van der Waals surface area contributed by atoms with Crippen LogP contribution in [0.2, 0.25) is 0 Å². The molecule has 1 unspecified atom stereocenters. The molecule has 0 aromatic heterocycles. The first-order valence-electron chi connectivity index (χ1n) is 10.7. The third-order valence-corrected chi connectivity index (χ3v) is 6.63. The number of aliphatic hydroxyl groups excluding tert-OH is 2. The number of benzene rings is 1. The number of unbranched alkanes of at least 4 members (excludes halogenated alkanes) is 2. The summed E-state index contributed by atoms with van der Waals surface area (Å²) < 4.78 is 5.62. The molecule has 150 valence electrons. The molecule has 0 aliphatic heterocycles. The largest absolute Gasteiger partial charge is 0.486 e. The molecule has 1 saturated carbocycles. The van der Waals surface area contributed by atoms with Crippen molar-refractivity contribution in [3.63, 3.8) is 0 Å². The summed E-state index contributed by atoms with van der Waals surface area (Å²) in [6, 6.07) is 6.09. The molecule has 2 N–H and O–H groups in total. The van der Waals surface area contributed by atoms with Crippen LogP contribution in [0.4, 0.5) is 0 Å². The minimum absolute atomic E-state index is 0.0890. The second kappa shape index (κ2) is 9.70. The average molecular weight is 375 g/mol. The Morgan fingerprint density at radius 2 is 2.11 bits per heavy atom. The second-order valence-electron chi connectivity index (χ2n) is 8.40. The van der Waals surface area contributed by atoms with Crippen LogP contribution in [0.15, 0.2) is 18.2 Å². The van der Waals surface area contributed by atoms with E-state index in [2.05, 4.69) is 13.0 Å². The molecule has 0 spiro atoms. The highest BCUT2D eigenvalue weighted by Gasteiger charge is 2.44. The van der Waals surface area contributed by atoms with Gasteiger partial charge in [0.2, 0.25) is 0 Å². The molecule has 3 rings (SSSR count). The van der Waals surface area contributed by atoms with Crippen LogP contribution in [-0.2, 0) is 17.6 Å². The SMILES string of the molecule is CCCCC[C@H](O)CC[C@H]1C(O)C[C@@H]2Cc3c(cccc3OCC=O)C[C@@H]21. The van der Waals surface area contributed by atoms with E-state index in [0.29, 0.717) is 11.8 Å². The zero-order chi connectivity index (χ0) is 19.2. The number of aliphatic hydroxyl groups is 2. The maximum atomic E-state index is 10.7. The van der Waals surface area contributed by atoms with Crippen LogP contribution >= 0.6 is 0 Å². The minimum atomic E-state index is -0.267. The van der Waals surface area contributed by atoms with Gasteiger partial charge in [-0.05, 0) is 73.5 Å². The number of hydrogen-bond donors (Lipinski definition) is 2. The molecule has 27 heavy (non-hydrogen) atoms. The lowest BCUT2D eigenvalue weighted by molar-refractivity contribution is -0.109. The number of carbonyl (C=O) groups excluding carboxylic acids is 1. The number of rotatable bonds is 10. The lowest BCUT2D eigenvalue weighted by Crippen LogP contribution is -2.28. The zero-order valence-electron chi connectivity index (χ0n) is 16.5. The van der Waals surface area contributed by atoms with E-state index in [1.165, 1.54) is 24.0 Å². The van der Waals surface area contributed by atoms with Crippen LogP contribution in [0.3, 0.4) is 0 Å². The quantitative estimate of drug-likeness (QED) is 0.484. The van der Waals surface area contributed by atoms with Gasteiger partial charge in [-0.25, -0.2) is 0 Å². The van der Waals surface area contributed by atoms with Crippen molar-refractivity contribution in [3.8, 4) is 5.75 Å². The van der Waals surface area contributed by atoms with E-state index < -0.39 is 0 Å². The van der Waals surface area contributed by atoms with Gasteiger partial charge in [-0.3, -0.25) is 4.79 Å². The van der Waals surface area contributed by atoms with Crippen LogP contribution in [0.5, 0.6) is 5.75 Å². The molecule has 0 radical (unpaired) electrons. The van der Waals surface area contributed by atoms with Gasteiger partial charge in [-0.1, -0.05) is 38.3 Å². The van der Waals surface area contributed by atoms with Crippen molar-refractivity contribution in [2.45, 2.75) is 76.9 Å². The Balaban J connectivity index is 1.62. The molecule has 1 aromatic rings. The van der Waals surface area contributed by atoms with Gasteiger partial charge >= 0.3 is 0 Å². The second-order valence-corrected chi connectivity index (χ2v) is 8.40. The van der Waals surface area contributed by atoms with Gasteiger partial charge < -0.3 is 14.9 Å². The molecular weight excluding hydrogens is 340 g/mol. The van der Waals surface area contributed by atoms with Crippen molar-refractivity contribution in [2.75, 3.05) is 6.61 Å². The lowest BCUT2D eigenvalue weighted by atomic mass is 9.73. The fraction of sp³-hybridized carbons (Fsp3) is 0.696. The van der Waals surface area contributed by atoms with Crippen molar-refractivity contribution in [1.82, 2.24) is 0 Å². The van der Waals surface area contributed by atoms with Gasteiger partial charge in [0.25, 0.3) is 0 Å². The third-order valence-electron chi connectivity index (χ3n) is 6.63. The molecule has 0 amide bonds. The summed E-state index contributed by atoms with van der Waals surface area (Å²) in [6.07, 6.45) is 9.03. The Hall–Kier alpha value is -1.39. The zero-order valence-corrected chi connectivity index (χ0v) is 16.5. The summed E-state index contributed by atoms with van der Waals surface area (Å²) >= 11 is 0. The Morgan fingerprint density at radius 3 is 2.89 bits per heavy atom. The van der Waals surface area contributed by atoms with E-state index in [1.54, 1.807) is 0 Å². The summed E-state index contributed by atoms with van der Waals surface area (Å²) in [5, 5.41) is 20.9. The summed E-state index contributed by atoms with van der Waals surface area (Å²) in [5.74, 6) is 2.05. The first-order chi connectivity index (χ1) is 13.1. The fourth-order valence-electron chi connectivity index (χ4n) is 5.22. The van der Waals surface area contributed by atoms with Gasteiger partial charge in [-0.2, -0.15) is 0 Å². The lowest BCUT2D eigenvalue weighted by Gasteiger charge is -2.32. The molecular formula is C23H34O4. The maximum absolute atomic E-state index is 10.7. The highest BCUT2D eigenvalue weighted by Crippen LogP contribution is 2.48. The topological polar surface area (TPSA) is 66.8 Å². The smallest absolute Gasteiger partial charge is 0.157 e. The summed E-state index contributed by atoms with van der Waals surface area (Å²) in [5.41, 5.74) is 2.51. The number of carbonyl (C=O) groups is 1. The van der Waals surface area contributed by atoms with Gasteiger partial charge in [0.05, 0.1) is 12.2 Å². The third kappa shape index (κ3) is 4.91. The number of hydrogen-bond acceptors (Lipinski definition) is 4. The van der Waals surface area contributed by atoms with Gasteiger partial charge in [0, 0.05) is 0 Å². The molecule has 1 aromatic carbocycles. The monoisotopic (exact) mass is 374 g/mol. The number of fused-ring (bicyclic) bond motifs is 2. The molecule has 4 nitrogen and oxygen atoms in total. The predicted molar refractivity (Wildman–Crippen MR) is 106 cm³/mol. The van der Waals surface area contributed by atoms with E-state index >= 15 is 0 Å². The molecule has 4 heteroatoms. The highest BCUT2D eigenvalue weighted by atomic mass is 16.5. The molecule has 2 aliphatic rings. The van der Waals surface area contributed by atoms with E-state index in [0.717, 1.165) is 57.0 Å². The van der Waals surface area contributed by atoms with E-state index in [1.807, 2.05) is 12.1 Å². The normalized spacial score (nSPS) is 27.7. The van der Waals surface area contributed by atoms with Crippen molar-refractivity contribution >= 4 is 6.29 Å². The van der Waals surface area contributed by atoms with Crippen LogP contribution in [-0.4, -0.2) is 35.3 Å². The predicted octanol–water partition coefficient (Wildman–Crippen LogP) is 3.70. The molecule has 1 fully saturated rings.